The van der Waals surface area contributed by atoms with E-state index >= 15 is 0 Å². The van der Waals surface area contributed by atoms with Crippen LogP contribution in [0.25, 0.3) is 22.2 Å². The first-order valence-electron chi connectivity index (χ1n) is 19.3. The number of nitrogens with one attached hydrogen (secondary N) is 2. The molecule has 7 rings (SSSR count). The summed E-state index contributed by atoms with van der Waals surface area (Å²) in [5, 5.41) is 17.3. The minimum absolute atomic E-state index is 0.113. The second-order valence-corrected chi connectivity index (χ2v) is 17.6. The number of rotatable bonds is 7. The van der Waals surface area contributed by atoms with E-state index in [0.717, 1.165) is 44.0 Å². The maximum Gasteiger partial charge on any atom is 0.324 e. The molecule has 54 heavy (non-hydrogen) atoms. The number of pyridine rings is 1. The second kappa shape index (κ2) is 15.4. The number of aliphatic hydroxyl groups excluding tert-OH is 1. The van der Waals surface area contributed by atoms with Gasteiger partial charge < -0.3 is 24.5 Å². The van der Waals surface area contributed by atoms with Crippen LogP contribution in [0.4, 0.5) is 0 Å². The van der Waals surface area contributed by atoms with Crippen molar-refractivity contribution < 1.29 is 29.0 Å². The van der Waals surface area contributed by atoms with Crippen molar-refractivity contribution in [3.05, 3.63) is 53.3 Å². The standard InChI is InChI=1S/C41H54N6O6S/c1-22(48)19-46-33-13-12-26-16-28(33)29(37(46)27-10-8-14-42-36(27)25(4)52-7)18-41(5,6)21-53-40(51)30-11-9-15-47(45-30)39(50)31(17-34-43-32(26)20-54-34)44-38(49)35-23(2)24(35)3/h8,10,12-14,16,22-25,30-32,35,45,48H,9,11,15,17-21H2,1-7H3,(H,44,49)/t22-,23-,24+,25-,30-,31-,32?,35?/m0/s1. The van der Waals surface area contributed by atoms with Crippen LogP contribution >= 0.6 is 11.8 Å². The van der Waals surface area contributed by atoms with E-state index in [1.807, 2.05) is 13.0 Å². The Hall–Kier alpha value is -3.78. The minimum atomic E-state index is -0.822. The highest BCUT2D eigenvalue weighted by Crippen LogP contribution is 2.46. The van der Waals surface area contributed by atoms with Crippen molar-refractivity contribution >= 4 is 45.5 Å². The topological polar surface area (TPSA) is 147 Å². The lowest BCUT2D eigenvalue weighted by Gasteiger charge is -2.35. The summed E-state index contributed by atoms with van der Waals surface area (Å²) in [7, 11) is 1.67. The number of aliphatic hydroxyl groups is 1. The molecule has 1 aromatic carbocycles. The highest BCUT2D eigenvalue weighted by atomic mass is 32.2. The quantitative estimate of drug-likeness (QED) is 0.271. The number of hydrogen-bond donors (Lipinski definition) is 3. The van der Waals surface area contributed by atoms with Crippen LogP contribution in [-0.2, 0) is 36.8 Å². The SMILES string of the molecule is CO[C@@H](C)c1ncccc1-c1c2c3cc(ccc3n1C[C@H](C)O)C1CSC(=N1)C[C@H](NC(=O)C1[C@@H](C)[C@H]1C)C(=O)N1CCC[C@H](N1)C(=O)OCC(C)(C)C2. The van der Waals surface area contributed by atoms with Crippen molar-refractivity contribution in [1.82, 2.24) is 25.3 Å². The Labute approximate surface area is 321 Å². The summed E-state index contributed by atoms with van der Waals surface area (Å²) in [6.45, 7) is 13.0. The van der Waals surface area contributed by atoms with E-state index in [9.17, 15) is 19.5 Å². The van der Waals surface area contributed by atoms with Gasteiger partial charge >= 0.3 is 5.97 Å². The van der Waals surface area contributed by atoms with Gasteiger partial charge in [-0.05, 0) is 80.3 Å². The lowest BCUT2D eigenvalue weighted by atomic mass is 9.84. The lowest BCUT2D eigenvalue weighted by molar-refractivity contribution is -0.155. The molecule has 3 N–H and O–H groups in total. The number of fused-ring (bicyclic) bond motifs is 5. The number of esters is 1. The maximum atomic E-state index is 14.1. The molecular formula is C41H54N6O6S. The Morgan fingerprint density at radius 1 is 1.20 bits per heavy atom. The van der Waals surface area contributed by atoms with Gasteiger partial charge in [0.1, 0.15) is 12.1 Å². The lowest BCUT2D eigenvalue weighted by Crippen LogP contribution is -2.60. The largest absolute Gasteiger partial charge is 0.464 e. The second-order valence-electron chi connectivity index (χ2n) is 16.5. The fourth-order valence-electron chi connectivity index (χ4n) is 8.33. The number of methoxy groups -OCH3 is 1. The number of cyclic esters (lactones) is 1. The number of aliphatic imine (C=N–C) groups is 1. The van der Waals surface area contributed by atoms with Crippen LogP contribution in [0.3, 0.4) is 0 Å². The van der Waals surface area contributed by atoms with Crippen LogP contribution < -0.4 is 10.7 Å². The number of carbonyl (C=O) groups excluding carboxylic acids is 3. The molecule has 12 nitrogen and oxygen atoms in total. The Balaban J connectivity index is 1.35. The molecule has 3 aromatic rings. The number of ether oxygens (including phenoxy) is 2. The zero-order valence-electron chi connectivity index (χ0n) is 32.4. The molecule has 2 unspecified atom stereocenters. The third-order valence-electron chi connectivity index (χ3n) is 11.7. The average Bonchev–Trinajstić information content (AvgIpc) is 3.42. The van der Waals surface area contributed by atoms with Crippen molar-refractivity contribution in [1.29, 1.82) is 0 Å². The molecule has 6 bridgehead atoms. The summed E-state index contributed by atoms with van der Waals surface area (Å²) in [5.74, 6) is 0.320. The Morgan fingerprint density at radius 2 is 1.98 bits per heavy atom. The number of hydrazine groups is 1. The molecule has 5 heterocycles. The number of thioether (sulfide) groups is 1. The van der Waals surface area contributed by atoms with Gasteiger partial charge in [-0.1, -0.05) is 33.8 Å². The zero-order valence-corrected chi connectivity index (χ0v) is 33.2. The van der Waals surface area contributed by atoms with Gasteiger partial charge in [-0.2, -0.15) is 0 Å². The van der Waals surface area contributed by atoms with E-state index in [1.165, 1.54) is 5.01 Å². The van der Waals surface area contributed by atoms with E-state index in [0.29, 0.717) is 38.1 Å². The van der Waals surface area contributed by atoms with Crippen molar-refractivity contribution in [2.24, 2.45) is 28.2 Å². The molecule has 3 aliphatic heterocycles. The molecule has 4 aliphatic rings. The maximum absolute atomic E-state index is 14.1. The van der Waals surface area contributed by atoms with E-state index in [2.05, 4.69) is 67.3 Å². The Morgan fingerprint density at radius 3 is 2.70 bits per heavy atom. The van der Waals surface area contributed by atoms with Crippen LogP contribution in [0, 0.1) is 23.2 Å². The van der Waals surface area contributed by atoms with Gasteiger partial charge in [0.05, 0.1) is 41.3 Å². The molecule has 1 saturated carbocycles. The molecule has 2 amide bonds. The highest BCUT2D eigenvalue weighted by Gasteiger charge is 2.49. The first-order valence-corrected chi connectivity index (χ1v) is 20.3. The smallest absolute Gasteiger partial charge is 0.324 e. The Kier molecular flexibility index (Phi) is 11.0. The van der Waals surface area contributed by atoms with Crippen LogP contribution in [-0.4, -0.2) is 86.7 Å². The van der Waals surface area contributed by atoms with Gasteiger partial charge in [0.2, 0.25) is 5.91 Å². The molecule has 1 aliphatic carbocycles. The van der Waals surface area contributed by atoms with Gasteiger partial charge in [0, 0.05) is 66.4 Å². The van der Waals surface area contributed by atoms with Crippen LogP contribution in [0.5, 0.6) is 0 Å². The summed E-state index contributed by atoms with van der Waals surface area (Å²) >= 11 is 1.62. The molecule has 2 aromatic heterocycles. The third-order valence-corrected chi connectivity index (χ3v) is 12.8. The van der Waals surface area contributed by atoms with Crippen molar-refractivity contribution in [3.63, 3.8) is 0 Å². The average molecular weight is 759 g/mol. The number of carbonyl (C=O) groups is 3. The predicted octanol–water partition coefficient (Wildman–Crippen LogP) is 5.38. The van der Waals surface area contributed by atoms with Crippen LogP contribution in [0.2, 0.25) is 0 Å². The van der Waals surface area contributed by atoms with Crippen molar-refractivity contribution in [2.75, 3.05) is 26.0 Å². The van der Waals surface area contributed by atoms with Gasteiger partial charge in [0.15, 0.2) is 0 Å². The summed E-state index contributed by atoms with van der Waals surface area (Å²) in [6, 6.07) is 8.76. The molecular weight excluding hydrogens is 705 g/mol. The number of benzene rings is 1. The monoisotopic (exact) mass is 758 g/mol. The third kappa shape index (κ3) is 7.69. The van der Waals surface area contributed by atoms with Gasteiger partial charge in [-0.3, -0.25) is 29.4 Å². The molecule has 1 saturated heterocycles. The fraction of sp³-hybridized carbons (Fsp3) is 0.585. The molecule has 2 fully saturated rings. The normalized spacial score (nSPS) is 28.2. The zero-order chi connectivity index (χ0) is 38.5. The fourth-order valence-corrected chi connectivity index (χ4v) is 9.44. The summed E-state index contributed by atoms with van der Waals surface area (Å²) < 4.78 is 14.0. The number of aromatic nitrogens is 2. The molecule has 290 valence electrons. The Bertz CT molecular complexity index is 1950. The number of nitrogens with zero attached hydrogens (tertiary/aromatic N) is 4. The summed E-state index contributed by atoms with van der Waals surface area (Å²) in [6.07, 6.45) is 2.85. The first-order chi connectivity index (χ1) is 25.8. The van der Waals surface area contributed by atoms with Gasteiger partial charge in [-0.25, -0.2) is 5.43 Å². The molecule has 8 atom stereocenters. The number of hydrogen-bond acceptors (Lipinski definition) is 10. The summed E-state index contributed by atoms with van der Waals surface area (Å²) in [5.41, 5.74) is 8.41. The van der Waals surface area contributed by atoms with Crippen molar-refractivity contribution in [2.45, 2.75) is 104 Å². The first kappa shape index (κ1) is 38.5. The van der Waals surface area contributed by atoms with Gasteiger partial charge in [0.25, 0.3) is 5.91 Å². The van der Waals surface area contributed by atoms with E-state index < -0.39 is 29.6 Å². The molecule has 13 heteroatoms. The molecule has 0 spiro atoms. The minimum Gasteiger partial charge on any atom is -0.464 e. The van der Waals surface area contributed by atoms with E-state index in [-0.39, 0.29) is 54.7 Å². The van der Waals surface area contributed by atoms with Crippen LogP contribution in [0.15, 0.2) is 41.5 Å². The van der Waals surface area contributed by atoms with Crippen molar-refractivity contribution in [3.8, 4) is 11.3 Å². The predicted molar refractivity (Wildman–Crippen MR) is 210 cm³/mol. The van der Waals surface area contributed by atoms with E-state index in [1.54, 1.807) is 32.0 Å². The number of amides is 2. The molecule has 0 radical (unpaired) electrons. The summed E-state index contributed by atoms with van der Waals surface area (Å²) in [4.78, 5) is 51.1. The highest BCUT2D eigenvalue weighted by molar-refractivity contribution is 8.14. The van der Waals surface area contributed by atoms with Crippen LogP contribution in [0.1, 0.15) is 89.8 Å². The van der Waals surface area contributed by atoms with E-state index in [4.69, 9.17) is 19.5 Å². The van der Waals surface area contributed by atoms with Gasteiger partial charge in [-0.15, -0.1) is 11.8 Å².